The molecule has 1 amide bonds. The average molecular weight is 408 g/mol. The molecular weight excluding hydrogens is 388 g/mol. The third-order valence-electron chi connectivity index (χ3n) is 4.78. The molecule has 1 aromatic heterocycles. The van der Waals surface area contributed by atoms with Gasteiger partial charge >= 0.3 is 5.97 Å². The van der Waals surface area contributed by atoms with Crippen molar-refractivity contribution in [3.05, 3.63) is 66.6 Å². The Kier molecular flexibility index (Phi) is 5.67. The lowest BCUT2D eigenvalue weighted by Crippen LogP contribution is -2.26. The van der Waals surface area contributed by atoms with E-state index in [-0.39, 0.29) is 18.9 Å². The second-order valence-electron chi connectivity index (χ2n) is 6.72. The van der Waals surface area contributed by atoms with Gasteiger partial charge in [0.15, 0.2) is 0 Å². The monoisotopic (exact) mass is 408 g/mol. The van der Waals surface area contributed by atoms with Gasteiger partial charge in [0.05, 0.1) is 5.92 Å². The molecule has 3 aromatic rings. The van der Waals surface area contributed by atoms with Crippen molar-refractivity contribution < 1.29 is 18.7 Å². The molecule has 4 rings (SSSR count). The fraction of sp³-hybridized carbons (Fsp3) is 0.227. The van der Waals surface area contributed by atoms with Gasteiger partial charge in [-0.05, 0) is 42.7 Å². The predicted molar refractivity (Wildman–Crippen MR) is 110 cm³/mol. The van der Waals surface area contributed by atoms with Crippen LogP contribution in [0.1, 0.15) is 12.1 Å². The van der Waals surface area contributed by atoms with E-state index in [2.05, 4.69) is 4.98 Å². The van der Waals surface area contributed by atoms with E-state index in [9.17, 15) is 9.59 Å². The van der Waals surface area contributed by atoms with Crippen LogP contribution in [0.2, 0.25) is 0 Å². The number of carbonyl (C=O) groups is 2. The lowest BCUT2D eigenvalue weighted by Gasteiger charge is -2.16. The Morgan fingerprint density at radius 2 is 1.97 bits per heavy atom. The van der Waals surface area contributed by atoms with Crippen molar-refractivity contribution in [2.24, 2.45) is 5.92 Å². The maximum absolute atomic E-state index is 12.5. The number of carbonyl (C=O) groups excluding carboxylic acids is 2. The number of thioether (sulfide) groups is 1. The maximum Gasteiger partial charge on any atom is 0.311 e. The van der Waals surface area contributed by atoms with E-state index >= 15 is 0 Å². The highest BCUT2D eigenvalue weighted by atomic mass is 32.2. The first-order chi connectivity index (χ1) is 14.1. The van der Waals surface area contributed by atoms with Gasteiger partial charge in [-0.3, -0.25) is 9.59 Å². The van der Waals surface area contributed by atoms with Gasteiger partial charge in [0.1, 0.15) is 18.6 Å². The molecule has 0 spiro atoms. The highest BCUT2D eigenvalue weighted by molar-refractivity contribution is 7.98. The number of aromatic nitrogens is 1. The number of ether oxygens (including phenoxy) is 1. The van der Waals surface area contributed by atoms with Gasteiger partial charge in [0, 0.05) is 29.1 Å². The molecule has 1 aliphatic heterocycles. The number of rotatable bonds is 6. The van der Waals surface area contributed by atoms with Gasteiger partial charge in [-0.2, -0.15) is 0 Å². The zero-order valence-corrected chi connectivity index (χ0v) is 16.7. The first-order valence-corrected chi connectivity index (χ1v) is 10.5. The summed E-state index contributed by atoms with van der Waals surface area (Å²) in [5.41, 5.74) is 2.19. The van der Waals surface area contributed by atoms with Crippen molar-refractivity contribution in [1.29, 1.82) is 0 Å². The van der Waals surface area contributed by atoms with Gasteiger partial charge in [-0.15, -0.1) is 11.8 Å². The highest BCUT2D eigenvalue weighted by Gasteiger charge is 2.36. The SMILES string of the molecule is CSc1ccc(N2CC(C(=O)OCc3coc(-c4ccccc4)n3)CC2=O)cc1. The number of amides is 1. The predicted octanol–water partition coefficient (Wildman–Crippen LogP) is 4.16. The third-order valence-corrected chi connectivity index (χ3v) is 5.52. The molecular formula is C22H20N2O4S. The summed E-state index contributed by atoms with van der Waals surface area (Å²) in [5.74, 6) is -0.474. The summed E-state index contributed by atoms with van der Waals surface area (Å²) >= 11 is 1.64. The average Bonchev–Trinajstić information content (AvgIpc) is 3.40. The van der Waals surface area contributed by atoms with Crippen molar-refractivity contribution in [2.75, 3.05) is 17.7 Å². The van der Waals surface area contributed by atoms with Crippen molar-refractivity contribution >= 4 is 29.3 Å². The van der Waals surface area contributed by atoms with Gasteiger partial charge < -0.3 is 14.1 Å². The molecule has 2 aromatic carbocycles. The van der Waals surface area contributed by atoms with E-state index < -0.39 is 11.9 Å². The van der Waals surface area contributed by atoms with E-state index in [1.54, 1.807) is 16.7 Å². The molecule has 1 fully saturated rings. The molecule has 0 aliphatic carbocycles. The fourth-order valence-electron chi connectivity index (χ4n) is 3.23. The van der Waals surface area contributed by atoms with Crippen LogP contribution >= 0.6 is 11.8 Å². The van der Waals surface area contributed by atoms with Gasteiger partial charge in [0.2, 0.25) is 11.8 Å². The smallest absolute Gasteiger partial charge is 0.311 e. The van der Waals surface area contributed by atoms with Crippen LogP contribution in [0.4, 0.5) is 5.69 Å². The Bertz CT molecular complexity index is 1000. The molecule has 0 N–H and O–H groups in total. The molecule has 0 radical (unpaired) electrons. The minimum Gasteiger partial charge on any atom is -0.459 e. The summed E-state index contributed by atoms with van der Waals surface area (Å²) in [7, 11) is 0. The molecule has 1 unspecified atom stereocenters. The molecule has 2 heterocycles. The lowest BCUT2D eigenvalue weighted by atomic mass is 10.1. The van der Waals surface area contributed by atoms with E-state index in [1.165, 1.54) is 6.26 Å². The number of hydrogen-bond acceptors (Lipinski definition) is 6. The second-order valence-corrected chi connectivity index (χ2v) is 7.60. The van der Waals surface area contributed by atoms with Crippen LogP contribution in [-0.2, 0) is 20.9 Å². The molecule has 1 aliphatic rings. The first kappa shape index (κ1) is 19.3. The standard InChI is InChI=1S/C22H20N2O4S/c1-29-19-9-7-18(8-10-19)24-12-16(11-20(24)25)22(26)28-14-17-13-27-21(23-17)15-5-3-2-4-6-15/h2-10,13,16H,11-12,14H2,1H3. The summed E-state index contributed by atoms with van der Waals surface area (Å²) in [5, 5.41) is 0. The fourth-order valence-corrected chi connectivity index (χ4v) is 3.63. The van der Waals surface area contributed by atoms with E-state index in [0.29, 0.717) is 18.1 Å². The van der Waals surface area contributed by atoms with Crippen LogP contribution < -0.4 is 4.90 Å². The second kappa shape index (κ2) is 8.53. The number of nitrogens with zero attached hydrogens (tertiary/aromatic N) is 2. The van der Waals surface area contributed by atoms with Crippen LogP contribution in [-0.4, -0.2) is 29.7 Å². The molecule has 1 atom stereocenters. The van der Waals surface area contributed by atoms with Crippen LogP contribution in [0.5, 0.6) is 0 Å². The Morgan fingerprint density at radius 1 is 1.21 bits per heavy atom. The zero-order chi connectivity index (χ0) is 20.2. The van der Waals surface area contributed by atoms with Crippen molar-refractivity contribution in [2.45, 2.75) is 17.9 Å². The minimum atomic E-state index is -0.483. The summed E-state index contributed by atoms with van der Waals surface area (Å²) in [4.78, 5) is 31.9. The van der Waals surface area contributed by atoms with E-state index in [4.69, 9.17) is 9.15 Å². The molecule has 1 saturated heterocycles. The summed E-state index contributed by atoms with van der Waals surface area (Å²) in [6, 6.07) is 17.2. The lowest BCUT2D eigenvalue weighted by molar-refractivity contribution is -0.149. The normalized spacial score (nSPS) is 16.2. The highest BCUT2D eigenvalue weighted by Crippen LogP contribution is 2.28. The van der Waals surface area contributed by atoms with Gasteiger partial charge in [0.25, 0.3) is 0 Å². The van der Waals surface area contributed by atoms with Gasteiger partial charge in [-0.1, -0.05) is 18.2 Å². The topological polar surface area (TPSA) is 72.6 Å². The Morgan fingerprint density at radius 3 is 2.69 bits per heavy atom. The number of benzene rings is 2. The number of esters is 1. The van der Waals surface area contributed by atoms with Crippen molar-refractivity contribution in [1.82, 2.24) is 4.98 Å². The first-order valence-electron chi connectivity index (χ1n) is 9.25. The Balaban J connectivity index is 1.34. The Hall–Kier alpha value is -3.06. The third kappa shape index (κ3) is 4.35. The Labute approximate surface area is 172 Å². The summed E-state index contributed by atoms with van der Waals surface area (Å²) in [6.45, 7) is 0.340. The van der Waals surface area contributed by atoms with Crippen LogP contribution in [0.3, 0.4) is 0 Å². The van der Waals surface area contributed by atoms with Crippen molar-refractivity contribution in [3.63, 3.8) is 0 Å². The zero-order valence-electron chi connectivity index (χ0n) is 15.9. The van der Waals surface area contributed by atoms with E-state index in [1.807, 2.05) is 60.9 Å². The van der Waals surface area contributed by atoms with E-state index in [0.717, 1.165) is 16.1 Å². The van der Waals surface area contributed by atoms with Crippen molar-refractivity contribution in [3.8, 4) is 11.5 Å². The van der Waals surface area contributed by atoms with Crippen LogP contribution in [0.15, 0.2) is 70.2 Å². The molecule has 29 heavy (non-hydrogen) atoms. The van der Waals surface area contributed by atoms with Crippen LogP contribution in [0, 0.1) is 5.92 Å². The molecule has 0 bridgehead atoms. The molecule has 148 valence electrons. The molecule has 0 saturated carbocycles. The summed E-state index contributed by atoms with van der Waals surface area (Å²) in [6.07, 6.45) is 3.63. The largest absolute Gasteiger partial charge is 0.459 e. The summed E-state index contributed by atoms with van der Waals surface area (Å²) < 4.78 is 10.8. The number of anilines is 1. The number of hydrogen-bond donors (Lipinski definition) is 0. The molecule has 7 heteroatoms. The maximum atomic E-state index is 12.5. The number of oxazole rings is 1. The minimum absolute atomic E-state index is 0.0161. The molecule has 6 nitrogen and oxygen atoms in total. The van der Waals surface area contributed by atoms with Gasteiger partial charge in [-0.25, -0.2) is 4.98 Å². The quantitative estimate of drug-likeness (QED) is 0.450. The van der Waals surface area contributed by atoms with Crippen LogP contribution in [0.25, 0.3) is 11.5 Å².